The second kappa shape index (κ2) is 8.22. The van der Waals surface area contributed by atoms with E-state index in [1.54, 1.807) is 13.2 Å². The fraction of sp³-hybridized carbons (Fsp3) is 0.519. The third kappa shape index (κ3) is 4.05. The van der Waals surface area contributed by atoms with Gasteiger partial charge in [-0.15, -0.1) is 0 Å². The molecule has 4 aliphatic carbocycles. The molecule has 0 aliphatic heterocycles. The lowest BCUT2D eigenvalue weighted by atomic mass is 9.48. The van der Waals surface area contributed by atoms with Gasteiger partial charge in [0.15, 0.2) is 11.5 Å². The van der Waals surface area contributed by atoms with E-state index in [0.29, 0.717) is 29.1 Å². The van der Waals surface area contributed by atoms with Crippen molar-refractivity contribution in [3.05, 3.63) is 59.7 Å². The minimum Gasteiger partial charge on any atom is -0.493 e. The van der Waals surface area contributed by atoms with E-state index < -0.39 is 0 Å². The zero-order chi connectivity index (χ0) is 21.4. The van der Waals surface area contributed by atoms with Crippen LogP contribution in [0.15, 0.2) is 48.5 Å². The van der Waals surface area contributed by atoms with E-state index in [-0.39, 0.29) is 11.9 Å². The fourth-order valence-electron chi connectivity index (χ4n) is 6.80. The van der Waals surface area contributed by atoms with Crippen LogP contribution in [0, 0.1) is 23.2 Å². The molecule has 4 fully saturated rings. The summed E-state index contributed by atoms with van der Waals surface area (Å²) in [5, 5.41) is 3.35. The fourth-order valence-corrected chi connectivity index (χ4v) is 6.80. The summed E-state index contributed by atoms with van der Waals surface area (Å²) < 4.78 is 11.5. The number of carbonyl (C=O) groups is 1. The van der Waals surface area contributed by atoms with Crippen molar-refractivity contribution in [2.45, 2.75) is 58.1 Å². The summed E-state index contributed by atoms with van der Waals surface area (Å²) in [5.41, 5.74) is 2.02. The molecular weight excluding hydrogens is 386 g/mol. The number of carbonyl (C=O) groups excluding carboxylic acids is 1. The van der Waals surface area contributed by atoms with Gasteiger partial charge in [0.05, 0.1) is 7.11 Å². The Morgan fingerprint density at radius 3 is 2.26 bits per heavy atom. The molecule has 4 nitrogen and oxygen atoms in total. The normalized spacial score (nSPS) is 29.4. The van der Waals surface area contributed by atoms with Gasteiger partial charge in [-0.3, -0.25) is 4.79 Å². The molecule has 4 bridgehead atoms. The van der Waals surface area contributed by atoms with Gasteiger partial charge in [-0.1, -0.05) is 30.3 Å². The van der Waals surface area contributed by atoms with Gasteiger partial charge in [-0.2, -0.15) is 0 Å². The summed E-state index contributed by atoms with van der Waals surface area (Å²) in [6.07, 6.45) is 8.12. The Kier molecular flexibility index (Phi) is 5.41. The molecule has 2 aromatic carbocycles. The standard InChI is InChI=1S/C27H33NO3/c1-18(27-14-20-10-21(15-27)12-22(11-20)16-27)28-26(29)23-8-9-24(25(13-23)30-2)31-17-19-6-4-3-5-7-19/h3-9,13,18,20-22H,10-12,14-17H2,1-2H3,(H,28,29)/t18-,20?,21?,22?,27?/m1/s1. The molecule has 0 radical (unpaired) electrons. The maximum Gasteiger partial charge on any atom is 0.251 e. The highest BCUT2D eigenvalue weighted by molar-refractivity contribution is 5.95. The zero-order valence-electron chi connectivity index (χ0n) is 18.6. The molecule has 0 aromatic heterocycles. The predicted octanol–water partition coefficient (Wildman–Crippen LogP) is 5.61. The molecule has 4 aliphatic rings. The molecular formula is C27H33NO3. The van der Waals surface area contributed by atoms with Crippen LogP contribution in [0.2, 0.25) is 0 Å². The van der Waals surface area contributed by atoms with E-state index in [4.69, 9.17) is 9.47 Å². The first-order chi connectivity index (χ1) is 15.0. The largest absolute Gasteiger partial charge is 0.493 e. The van der Waals surface area contributed by atoms with E-state index in [1.165, 1.54) is 38.5 Å². The molecule has 0 unspecified atom stereocenters. The monoisotopic (exact) mass is 419 g/mol. The highest BCUT2D eigenvalue weighted by Crippen LogP contribution is 2.61. The van der Waals surface area contributed by atoms with E-state index in [9.17, 15) is 4.79 Å². The van der Waals surface area contributed by atoms with Gasteiger partial charge in [0.25, 0.3) is 5.91 Å². The second-order valence-electron chi connectivity index (χ2n) is 10.1. The van der Waals surface area contributed by atoms with Crippen molar-refractivity contribution >= 4 is 5.91 Å². The van der Waals surface area contributed by atoms with Crippen molar-refractivity contribution in [1.82, 2.24) is 5.32 Å². The molecule has 164 valence electrons. The van der Waals surface area contributed by atoms with Crippen LogP contribution in [0.4, 0.5) is 0 Å². The molecule has 2 aromatic rings. The van der Waals surface area contributed by atoms with E-state index >= 15 is 0 Å². The van der Waals surface area contributed by atoms with Gasteiger partial charge >= 0.3 is 0 Å². The zero-order valence-corrected chi connectivity index (χ0v) is 18.6. The lowest BCUT2D eigenvalue weighted by molar-refractivity contribution is -0.0688. The number of hydrogen-bond acceptors (Lipinski definition) is 3. The minimum absolute atomic E-state index is 0.0174. The van der Waals surface area contributed by atoms with Crippen molar-refractivity contribution in [2.75, 3.05) is 7.11 Å². The number of ether oxygens (including phenoxy) is 2. The van der Waals surface area contributed by atoms with Gasteiger partial charge in [-0.05, 0) is 92.4 Å². The minimum atomic E-state index is -0.0174. The summed E-state index contributed by atoms with van der Waals surface area (Å²) in [6, 6.07) is 15.7. The maximum atomic E-state index is 13.1. The number of hydrogen-bond donors (Lipinski definition) is 1. The number of rotatable bonds is 7. The lowest BCUT2D eigenvalue weighted by Gasteiger charge is -2.59. The summed E-state index contributed by atoms with van der Waals surface area (Å²) in [7, 11) is 1.62. The van der Waals surface area contributed by atoms with E-state index in [1.807, 2.05) is 42.5 Å². The Morgan fingerprint density at radius 2 is 1.65 bits per heavy atom. The number of amides is 1. The number of nitrogens with one attached hydrogen (secondary N) is 1. The van der Waals surface area contributed by atoms with Crippen LogP contribution >= 0.6 is 0 Å². The Bertz CT molecular complexity index is 903. The molecule has 6 rings (SSSR count). The highest BCUT2D eigenvalue weighted by atomic mass is 16.5. The smallest absolute Gasteiger partial charge is 0.251 e. The van der Waals surface area contributed by atoms with Crippen molar-refractivity contribution in [2.24, 2.45) is 23.2 Å². The third-order valence-electron chi connectivity index (χ3n) is 8.01. The Balaban J connectivity index is 1.26. The molecule has 0 heterocycles. The third-order valence-corrected chi connectivity index (χ3v) is 8.01. The summed E-state index contributed by atoms with van der Waals surface area (Å²) in [4.78, 5) is 13.1. The quantitative estimate of drug-likeness (QED) is 0.635. The molecule has 31 heavy (non-hydrogen) atoms. The number of benzene rings is 2. The molecule has 1 N–H and O–H groups in total. The number of methoxy groups -OCH3 is 1. The van der Waals surface area contributed by atoms with Gasteiger partial charge in [0, 0.05) is 11.6 Å². The van der Waals surface area contributed by atoms with Crippen molar-refractivity contribution in [3.8, 4) is 11.5 Å². The van der Waals surface area contributed by atoms with Crippen LogP contribution in [-0.2, 0) is 6.61 Å². The second-order valence-corrected chi connectivity index (χ2v) is 10.1. The van der Waals surface area contributed by atoms with Crippen LogP contribution in [0.5, 0.6) is 11.5 Å². The lowest BCUT2D eigenvalue weighted by Crippen LogP contribution is -2.55. The Morgan fingerprint density at radius 1 is 1.00 bits per heavy atom. The topological polar surface area (TPSA) is 47.6 Å². The van der Waals surface area contributed by atoms with Gasteiger partial charge in [0.1, 0.15) is 6.61 Å². The highest BCUT2D eigenvalue weighted by Gasteiger charge is 2.53. The molecule has 4 heteroatoms. The van der Waals surface area contributed by atoms with Crippen LogP contribution in [0.1, 0.15) is 61.4 Å². The van der Waals surface area contributed by atoms with Crippen LogP contribution in [0.25, 0.3) is 0 Å². The van der Waals surface area contributed by atoms with Crippen molar-refractivity contribution < 1.29 is 14.3 Å². The first kappa shape index (κ1) is 20.4. The first-order valence-corrected chi connectivity index (χ1v) is 11.7. The van der Waals surface area contributed by atoms with Crippen LogP contribution < -0.4 is 14.8 Å². The summed E-state index contributed by atoms with van der Waals surface area (Å²) in [6.45, 7) is 2.69. The van der Waals surface area contributed by atoms with Crippen molar-refractivity contribution in [3.63, 3.8) is 0 Å². The van der Waals surface area contributed by atoms with E-state index in [2.05, 4.69) is 12.2 Å². The summed E-state index contributed by atoms with van der Waals surface area (Å²) in [5.74, 6) is 3.87. The van der Waals surface area contributed by atoms with Crippen LogP contribution in [0.3, 0.4) is 0 Å². The summed E-state index contributed by atoms with van der Waals surface area (Å²) >= 11 is 0. The average molecular weight is 420 g/mol. The molecule has 1 amide bonds. The first-order valence-electron chi connectivity index (χ1n) is 11.7. The average Bonchev–Trinajstić information content (AvgIpc) is 2.77. The Hall–Kier alpha value is -2.49. The van der Waals surface area contributed by atoms with Gasteiger partial charge in [-0.25, -0.2) is 0 Å². The van der Waals surface area contributed by atoms with Gasteiger partial charge < -0.3 is 14.8 Å². The molecule has 0 saturated heterocycles. The SMILES string of the molecule is COc1cc(C(=O)N[C@H](C)C23CC4CC(CC(C4)C2)C3)ccc1OCc1ccccc1. The van der Waals surface area contributed by atoms with Crippen molar-refractivity contribution in [1.29, 1.82) is 0 Å². The Labute approximate surface area is 185 Å². The molecule has 1 atom stereocenters. The maximum absolute atomic E-state index is 13.1. The van der Waals surface area contributed by atoms with E-state index in [0.717, 1.165) is 23.3 Å². The van der Waals surface area contributed by atoms with Gasteiger partial charge in [0.2, 0.25) is 0 Å². The molecule has 0 spiro atoms. The van der Waals surface area contributed by atoms with Crippen LogP contribution in [-0.4, -0.2) is 19.1 Å². The molecule has 4 saturated carbocycles. The predicted molar refractivity (Wildman–Crippen MR) is 121 cm³/mol.